The lowest BCUT2D eigenvalue weighted by Crippen LogP contribution is -2.38. The van der Waals surface area contributed by atoms with Crippen LogP contribution in [0, 0.1) is 0 Å². The molecule has 0 fully saturated rings. The van der Waals surface area contributed by atoms with Crippen LogP contribution >= 0.6 is 0 Å². The number of benzene rings is 2. The average molecular weight is 399 g/mol. The number of nitrogens with one attached hydrogen (secondary N) is 2. The van der Waals surface area contributed by atoms with Gasteiger partial charge in [-0.3, -0.25) is 0 Å². The third-order valence-electron chi connectivity index (χ3n) is 5.15. The van der Waals surface area contributed by atoms with Gasteiger partial charge in [0, 0.05) is 6.54 Å². The first-order valence-corrected chi connectivity index (χ1v) is 10.2. The minimum atomic E-state index is -0.191. The second-order valence-corrected chi connectivity index (χ2v) is 7.07. The topological polar surface area (TPSA) is 68.8 Å². The molecule has 1 aliphatic carbocycles. The molecule has 156 valence electrons. The molecule has 0 heterocycles. The van der Waals surface area contributed by atoms with Gasteiger partial charge >= 0.3 is 6.03 Å². The van der Waals surface area contributed by atoms with Gasteiger partial charge in [0.1, 0.15) is 12.4 Å². The van der Waals surface area contributed by atoms with Crippen molar-refractivity contribution in [3.63, 3.8) is 0 Å². The molecule has 29 heavy (non-hydrogen) atoms. The van der Waals surface area contributed by atoms with Gasteiger partial charge in [-0.2, -0.15) is 0 Å². The Labute approximate surface area is 172 Å². The fraction of sp³-hybridized carbons (Fsp3) is 0.435. The van der Waals surface area contributed by atoms with Gasteiger partial charge in [0.05, 0.1) is 20.8 Å². The number of urea groups is 1. The Morgan fingerprint density at radius 2 is 1.72 bits per heavy atom. The van der Waals surface area contributed by atoms with Crippen LogP contribution in [0.4, 0.5) is 4.79 Å². The van der Waals surface area contributed by atoms with Crippen molar-refractivity contribution in [3.8, 4) is 17.2 Å². The summed E-state index contributed by atoms with van der Waals surface area (Å²) in [5.74, 6) is 2.34. The van der Waals surface area contributed by atoms with E-state index in [2.05, 4.69) is 16.7 Å². The third kappa shape index (κ3) is 5.79. The number of hydrogen-bond acceptors (Lipinski definition) is 4. The normalized spacial score (nSPS) is 12.6. The predicted molar refractivity (Wildman–Crippen MR) is 113 cm³/mol. The van der Waals surface area contributed by atoms with Crippen LogP contribution in [-0.2, 0) is 19.3 Å². The predicted octanol–water partition coefficient (Wildman–Crippen LogP) is 3.50. The molecule has 0 aliphatic heterocycles. The van der Waals surface area contributed by atoms with Gasteiger partial charge in [-0.1, -0.05) is 18.2 Å². The van der Waals surface area contributed by atoms with E-state index in [1.807, 2.05) is 30.3 Å². The Bertz CT molecular complexity index is 823. The van der Waals surface area contributed by atoms with Crippen molar-refractivity contribution in [2.75, 3.05) is 33.9 Å². The Kier molecular flexibility index (Phi) is 7.61. The molecule has 2 N–H and O–H groups in total. The largest absolute Gasteiger partial charge is 0.493 e. The number of fused-ring (bicyclic) bond motifs is 1. The smallest absolute Gasteiger partial charge is 0.314 e. The molecule has 0 bridgehead atoms. The maximum absolute atomic E-state index is 12.0. The first-order valence-electron chi connectivity index (χ1n) is 10.2. The summed E-state index contributed by atoms with van der Waals surface area (Å²) in [5.41, 5.74) is 3.80. The number of ether oxygens (including phenoxy) is 3. The second kappa shape index (κ2) is 10.6. The number of methoxy groups -OCH3 is 2. The van der Waals surface area contributed by atoms with Crippen LogP contribution in [0.2, 0.25) is 0 Å². The molecule has 6 nitrogen and oxygen atoms in total. The molecule has 3 rings (SSSR count). The lowest BCUT2D eigenvalue weighted by atomic mass is 9.91. The molecule has 0 unspecified atom stereocenters. The highest BCUT2D eigenvalue weighted by Gasteiger charge is 2.13. The van der Waals surface area contributed by atoms with Crippen molar-refractivity contribution in [2.24, 2.45) is 0 Å². The monoisotopic (exact) mass is 398 g/mol. The number of carbonyl (C=O) groups is 1. The fourth-order valence-electron chi connectivity index (χ4n) is 3.63. The zero-order valence-electron chi connectivity index (χ0n) is 17.3. The Hall–Kier alpha value is -2.89. The fourth-order valence-corrected chi connectivity index (χ4v) is 3.63. The van der Waals surface area contributed by atoms with Crippen LogP contribution in [0.15, 0.2) is 36.4 Å². The van der Waals surface area contributed by atoms with Crippen LogP contribution in [0.5, 0.6) is 17.2 Å². The lowest BCUT2D eigenvalue weighted by molar-refractivity contribution is 0.236. The summed E-state index contributed by atoms with van der Waals surface area (Å²) < 4.78 is 16.4. The summed E-state index contributed by atoms with van der Waals surface area (Å²) in [6, 6.07) is 11.8. The van der Waals surface area contributed by atoms with Crippen LogP contribution < -0.4 is 24.8 Å². The van der Waals surface area contributed by atoms with Gasteiger partial charge in [-0.25, -0.2) is 4.79 Å². The van der Waals surface area contributed by atoms with Gasteiger partial charge in [-0.15, -0.1) is 0 Å². The Morgan fingerprint density at radius 3 is 2.55 bits per heavy atom. The van der Waals surface area contributed by atoms with E-state index in [1.165, 1.54) is 24.0 Å². The molecule has 2 amide bonds. The lowest BCUT2D eigenvalue weighted by Gasteiger charge is -2.19. The number of amides is 2. The zero-order chi connectivity index (χ0) is 20.5. The standard InChI is InChI=1S/C23H30N2O4/c1-27-21-11-10-17(16-22(21)28-2)12-13-24-23(26)25-14-15-29-20-9-5-7-18-6-3-4-8-19(18)20/h5,7,9-11,16H,3-4,6,8,12-15H2,1-2H3,(H2,24,25,26). The Morgan fingerprint density at radius 1 is 0.931 bits per heavy atom. The summed E-state index contributed by atoms with van der Waals surface area (Å²) in [7, 11) is 3.22. The van der Waals surface area contributed by atoms with E-state index in [0.717, 1.165) is 24.2 Å². The quantitative estimate of drug-likeness (QED) is 0.635. The number of aryl methyl sites for hydroxylation is 1. The average Bonchev–Trinajstić information content (AvgIpc) is 2.76. The van der Waals surface area contributed by atoms with E-state index >= 15 is 0 Å². The van der Waals surface area contributed by atoms with Gasteiger partial charge < -0.3 is 24.8 Å². The summed E-state index contributed by atoms with van der Waals surface area (Å²) in [6.45, 7) is 1.46. The van der Waals surface area contributed by atoms with E-state index in [-0.39, 0.29) is 6.03 Å². The Balaban J connectivity index is 1.36. The highest BCUT2D eigenvalue weighted by molar-refractivity contribution is 5.73. The molecule has 0 spiro atoms. The molecule has 0 saturated carbocycles. The molecule has 0 atom stereocenters. The van der Waals surface area contributed by atoms with Crippen LogP contribution in [0.25, 0.3) is 0 Å². The van der Waals surface area contributed by atoms with Crippen molar-refractivity contribution in [1.82, 2.24) is 10.6 Å². The van der Waals surface area contributed by atoms with Crippen molar-refractivity contribution in [1.29, 1.82) is 0 Å². The highest BCUT2D eigenvalue weighted by atomic mass is 16.5. The molecule has 6 heteroatoms. The molecular weight excluding hydrogens is 368 g/mol. The SMILES string of the molecule is COc1ccc(CCNC(=O)NCCOc2cccc3c2CCCC3)cc1OC. The minimum Gasteiger partial charge on any atom is -0.493 e. The second-order valence-electron chi connectivity index (χ2n) is 7.07. The highest BCUT2D eigenvalue weighted by Crippen LogP contribution is 2.29. The van der Waals surface area contributed by atoms with E-state index in [1.54, 1.807) is 14.2 Å². The van der Waals surface area contributed by atoms with Crippen LogP contribution in [0.3, 0.4) is 0 Å². The van der Waals surface area contributed by atoms with Crippen molar-refractivity contribution < 1.29 is 19.0 Å². The van der Waals surface area contributed by atoms with Crippen molar-refractivity contribution in [2.45, 2.75) is 32.1 Å². The van der Waals surface area contributed by atoms with Gasteiger partial charge in [0.2, 0.25) is 0 Å². The number of carbonyl (C=O) groups excluding carboxylic acids is 1. The third-order valence-corrected chi connectivity index (χ3v) is 5.15. The van der Waals surface area contributed by atoms with Crippen molar-refractivity contribution in [3.05, 3.63) is 53.1 Å². The molecule has 1 aliphatic rings. The van der Waals surface area contributed by atoms with E-state index in [9.17, 15) is 4.79 Å². The molecule has 2 aromatic carbocycles. The summed E-state index contributed by atoms with van der Waals surface area (Å²) in [5, 5.41) is 5.71. The van der Waals surface area contributed by atoms with E-state index in [4.69, 9.17) is 14.2 Å². The maximum Gasteiger partial charge on any atom is 0.314 e. The molecule has 0 aromatic heterocycles. The molecule has 0 saturated heterocycles. The number of rotatable bonds is 9. The van der Waals surface area contributed by atoms with Gasteiger partial charge in [-0.05, 0) is 67.0 Å². The summed E-state index contributed by atoms with van der Waals surface area (Å²) >= 11 is 0. The first kappa shape index (κ1) is 20.8. The van der Waals surface area contributed by atoms with E-state index < -0.39 is 0 Å². The zero-order valence-corrected chi connectivity index (χ0v) is 17.3. The van der Waals surface area contributed by atoms with Gasteiger partial charge in [0.25, 0.3) is 0 Å². The molecule has 0 radical (unpaired) electrons. The molecular formula is C23H30N2O4. The minimum absolute atomic E-state index is 0.191. The summed E-state index contributed by atoms with van der Waals surface area (Å²) in [4.78, 5) is 12.0. The molecule has 2 aromatic rings. The first-order chi connectivity index (χ1) is 14.2. The maximum atomic E-state index is 12.0. The van der Waals surface area contributed by atoms with Gasteiger partial charge in [0.15, 0.2) is 11.5 Å². The number of hydrogen-bond donors (Lipinski definition) is 2. The van der Waals surface area contributed by atoms with Crippen molar-refractivity contribution >= 4 is 6.03 Å². The summed E-state index contributed by atoms with van der Waals surface area (Å²) in [6.07, 6.45) is 5.39. The van der Waals surface area contributed by atoms with E-state index in [0.29, 0.717) is 37.6 Å². The van der Waals surface area contributed by atoms with Crippen LogP contribution in [0.1, 0.15) is 29.5 Å². The van der Waals surface area contributed by atoms with Crippen LogP contribution in [-0.4, -0.2) is 39.9 Å².